The minimum Gasteiger partial charge on any atom is -0.481 e. The Balaban J connectivity index is 1.59. The van der Waals surface area contributed by atoms with Crippen molar-refractivity contribution in [2.75, 3.05) is 33.0 Å². The van der Waals surface area contributed by atoms with E-state index in [2.05, 4.69) is 0 Å². The molecular formula is C22H34O12. The van der Waals surface area contributed by atoms with Crippen molar-refractivity contribution in [1.82, 2.24) is 0 Å². The molecule has 4 atom stereocenters. The molecule has 34 heavy (non-hydrogen) atoms. The predicted octanol–water partition coefficient (Wildman–Crippen LogP) is 0.101. The number of aliphatic carboxylic acids is 1. The molecule has 0 aliphatic carbocycles. The quantitative estimate of drug-likeness (QED) is 0.170. The number of carbonyl (C=O) groups excluding carboxylic acids is 3. The second kappa shape index (κ2) is 13.0. The molecule has 2 rings (SSSR count). The van der Waals surface area contributed by atoms with Crippen LogP contribution in [0.4, 0.5) is 0 Å². The largest absolute Gasteiger partial charge is 0.481 e. The molecule has 0 spiro atoms. The lowest BCUT2D eigenvalue weighted by molar-refractivity contribution is -0.177. The number of cyclic esters (lactones) is 2. The zero-order valence-electron chi connectivity index (χ0n) is 19.4. The van der Waals surface area contributed by atoms with E-state index in [1.165, 1.54) is 0 Å². The number of ether oxygens (including phenoxy) is 5. The van der Waals surface area contributed by atoms with Gasteiger partial charge in [-0.25, -0.2) is 0 Å². The zero-order chi connectivity index (χ0) is 25.2. The smallest absolute Gasteiger partial charge is 0.309 e. The van der Waals surface area contributed by atoms with Crippen LogP contribution in [0.3, 0.4) is 0 Å². The summed E-state index contributed by atoms with van der Waals surface area (Å²) in [4.78, 5) is 46.0. The van der Waals surface area contributed by atoms with Crippen molar-refractivity contribution in [2.24, 2.45) is 0 Å². The summed E-state index contributed by atoms with van der Waals surface area (Å²) in [5.74, 6) is -2.97. The lowest BCUT2D eigenvalue weighted by Gasteiger charge is -2.35. The molecule has 2 heterocycles. The standard InChI is InChI=1S/C22H34O12/c1-2-32-18(25)12-22(29)10-16(34-20(27)14-22)4-6-31-8-7-30-5-3-15-9-21(28,11-17(23)24)13-19(26)33-15/h15-16,28-29H,2-14H2,1H3,(H,23,24). The number of carboxylic acids is 1. The Bertz CT molecular complexity index is 721. The maximum absolute atomic E-state index is 11.8. The van der Waals surface area contributed by atoms with Crippen molar-refractivity contribution >= 4 is 23.9 Å². The lowest BCUT2D eigenvalue weighted by Crippen LogP contribution is -2.45. The molecule has 2 aliphatic rings. The molecule has 12 nitrogen and oxygen atoms in total. The zero-order valence-corrected chi connectivity index (χ0v) is 19.4. The van der Waals surface area contributed by atoms with Gasteiger partial charge in [0.1, 0.15) is 12.2 Å². The summed E-state index contributed by atoms with van der Waals surface area (Å²) in [5, 5.41) is 29.8. The predicted molar refractivity (Wildman–Crippen MR) is 113 cm³/mol. The Kier molecular flexibility index (Phi) is 10.7. The van der Waals surface area contributed by atoms with Crippen LogP contribution in [-0.2, 0) is 42.9 Å². The number of esters is 3. The first-order chi connectivity index (χ1) is 16.0. The molecule has 0 amide bonds. The van der Waals surface area contributed by atoms with Crippen molar-refractivity contribution in [3.63, 3.8) is 0 Å². The molecule has 0 aromatic heterocycles. The molecule has 2 fully saturated rings. The maximum atomic E-state index is 11.8. The van der Waals surface area contributed by atoms with E-state index in [0.717, 1.165) is 0 Å². The summed E-state index contributed by atoms with van der Waals surface area (Å²) in [6, 6.07) is 0. The van der Waals surface area contributed by atoms with Crippen molar-refractivity contribution in [3.8, 4) is 0 Å². The Hall–Kier alpha value is -2.28. The summed E-state index contributed by atoms with van der Waals surface area (Å²) in [6.45, 7) is 2.83. The van der Waals surface area contributed by atoms with Crippen LogP contribution in [0.2, 0.25) is 0 Å². The maximum Gasteiger partial charge on any atom is 0.309 e. The molecule has 194 valence electrons. The topological polar surface area (TPSA) is 175 Å². The molecule has 3 N–H and O–H groups in total. The summed E-state index contributed by atoms with van der Waals surface area (Å²) >= 11 is 0. The van der Waals surface area contributed by atoms with Gasteiger partial charge in [-0.15, -0.1) is 0 Å². The summed E-state index contributed by atoms with van der Waals surface area (Å²) in [5.41, 5.74) is -3.10. The average molecular weight is 491 g/mol. The minimum atomic E-state index is -1.61. The first-order valence-corrected chi connectivity index (χ1v) is 11.4. The van der Waals surface area contributed by atoms with Crippen molar-refractivity contribution in [3.05, 3.63) is 0 Å². The normalized spacial score (nSPS) is 29.3. The molecule has 2 saturated heterocycles. The third kappa shape index (κ3) is 9.92. The van der Waals surface area contributed by atoms with Gasteiger partial charge in [0, 0.05) is 25.7 Å². The highest BCUT2D eigenvalue weighted by atomic mass is 16.6. The van der Waals surface area contributed by atoms with Crippen LogP contribution in [0.1, 0.15) is 58.3 Å². The number of hydrogen-bond acceptors (Lipinski definition) is 11. The van der Waals surface area contributed by atoms with E-state index in [0.29, 0.717) is 12.8 Å². The van der Waals surface area contributed by atoms with Crippen LogP contribution in [-0.4, -0.2) is 95.6 Å². The number of hydrogen-bond donors (Lipinski definition) is 3. The monoisotopic (exact) mass is 490 g/mol. The highest BCUT2D eigenvalue weighted by molar-refractivity contribution is 5.76. The van der Waals surface area contributed by atoms with E-state index in [4.69, 9.17) is 28.8 Å². The van der Waals surface area contributed by atoms with Crippen LogP contribution >= 0.6 is 0 Å². The summed E-state index contributed by atoms with van der Waals surface area (Å²) in [6.07, 6.45) is -1.80. The Labute approximate surface area is 197 Å². The van der Waals surface area contributed by atoms with Crippen molar-refractivity contribution in [2.45, 2.75) is 81.7 Å². The summed E-state index contributed by atoms with van der Waals surface area (Å²) < 4.78 is 26.1. The van der Waals surface area contributed by atoms with E-state index in [1.807, 2.05) is 0 Å². The van der Waals surface area contributed by atoms with Gasteiger partial charge in [-0.3, -0.25) is 19.2 Å². The van der Waals surface area contributed by atoms with E-state index >= 15 is 0 Å². The molecule has 12 heteroatoms. The van der Waals surface area contributed by atoms with Gasteiger partial charge < -0.3 is 39.0 Å². The fourth-order valence-electron chi connectivity index (χ4n) is 4.17. The number of aliphatic hydroxyl groups is 2. The van der Waals surface area contributed by atoms with Gasteiger partial charge in [0.25, 0.3) is 0 Å². The molecule has 2 aliphatic heterocycles. The minimum absolute atomic E-state index is 0.0352. The van der Waals surface area contributed by atoms with E-state index < -0.39 is 53.7 Å². The summed E-state index contributed by atoms with van der Waals surface area (Å²) in [7, 11) is 0. The number of carboxylic acid groups (broad SMARTS) is 1. The van der Waals surface area contributed by atoms with Crippen molar-refractivity contribution in [1.29, 1.82) is 0 Å². The van der Waals surface area contributed by atoms with Gasteiger partial charge in [0.15, 0.2) is 0 Å². The van der Waals surface area contributed by atoms with E-state index in [-0.39, 0.29) is 65.1 Å². The second-order valence-corrected chi connectivity index (χ2v) is 8.79. The van der Waals surface area contributed by atoms with E-state index in [9.17, 15) is 29.4 Å². The van der Waals surface area contributed by atoms with Gasteiger partial charge >= 0.3 is 23.9 Å². The second-order valence-electron chi connectivity index (χ2n) is 8.79. The van der Waals surface area contributed by atoms with Crippen LogP contribution in [0.15, 0.2) is 0 Å². The lowest BCUT2D eigenvalue weighted by atomic mass is 9.86. The molecule has 0 aromatic rings. The third-order valence-electron chi connectivity index (χ3n) is 5.56. The highest BCUT2D eigenvalue weighted by Gasteiger charge is 2.42. The van der Waals surface area contributed by atoms with Crippen LogP contribution < -0.4 is 0 Å². The van der Waals surface area contributed by atoms with Gasteiger partial charge in [-0.05, 0) is 6.92 Å². The van der Waals surface area contributed by atoms with Gasteiger partial charge in [-0.2, -0.15) is 0 Å². The SMILES string of the molecule is CCOC(=O)CC1(O)CC(=O)OC(CCOCCOCCC2CC(O)(CC(=O)O)CC(=O)O2)C1. The fraction of sp³-hybridized carbons (Fsp3) is 0.818. The Morgan fingerprint density at radius 1 is 0.882 bits per heavy atom. The number of carbonyl (C=O) groups is 4. The Morgan fingerprint density at radius 2 is 1.35 bits per heavy atom. The van der Waals surface area contributed by atoms with Gasteiger partial charge in [0.05, 0.1) is 69.9 Å². The van der Waals surface area contributed by atoms with Gasteiger partial charge in [0.2, 0.25) is 0 Å². The van der Waals surface area contributed by atoms with E-state index in [1.54, 1.807) is 6.92 Å². The number of rotatable bonds is 14. The first-order valence-electron chi connectivity index (χ1n) is 11.4. The molecule has 0 radical (unpaired) electrons. The van der Waals surface area contributed by atoms with Crippen LogP contribution in [0, 0.1) is 0 Å². The Morgan fingerprint density at radius 3 is 1.79 bits per heavy atom. The average Bonchev–Trinajstić information content (AvgIpc) is 2.67. The highest BCUT2D eigenvalue weighted by Crippen LogP contribution is 2.31. The fourth-order valence-corrected chi connectivity index (χ4v) is 4.17. The molecule has 0 bridgehead atoms. The molecule has 4 unspecified atom stereocenters. The third-order valence-corrected chi connectivity index (χ3v) is 5.56. The molecule has 0 aromatic carbocycles. The molecular weight excluding hydrogens is 456 g/mol. The van der Waals surface area contributed by atoms with Crippen LogP contribution in [0.5, 0.6) is 0 Å². The van der Waals surface area contributed by atoms with Crippen LogP contribution in [0.25, 0.3) is 0 Å². The van der Waals surface area contributed by atoms with Gasteiger partial charge in [-0.1, -0.05) is 0 Å². The van der Waals surface area contributed by atoms with Crippen molar-refractivity contribution < 1.29 is 58.2 Å². The first kappa shape index (κ1) is 28.0. The molecule has 0 saturated carbocycles.